The Morgan fingerprint density at radius 2 is 1.56 bits per heavy atom. The van der Waals surface area contributed by atoms with Crippen molar-refractivity contribution in [3.63, 3.8) is 0 Å². The first-order chi connectivity index (χ1) is 19.6. The summed E-state index contributed by atoms with van der Waals surface area (Å²) in [5, 5.41) is 6.34. The van der Waals surface area contributed by atoms with E-state index in [9.17, 15) is 13.2 Å². The maximum atomic E-state index is 13.2. The highest BCUT2D eigenvalue weighted by atomic mass is 35.5. The number of piperazine rings is 1. The number of thiocarbonyl (C=S) groups is 1. The van der Waals surface area contributed by atoms with Gasteiger partial charge < -0.3 is 19.7 Å². The molecular weight excluding hydrogens is 584 g/mol. The predicted octanol–water partition coefficient (Wildman–Crippen LogP) is 5.08. The van der Waals surface area contributed by atoms with E-state index in [4.69, 9.17) is 33.3 Å². The molecule has 12 heteroatoms. The van der Waals surface area contributed by atoms with Gasteiger partial charge in [-0.25, -0.2) is 8.42 Å². The third-order valence-corrected chi connectivity index (χ3v) is 8.86. The quantitative estimate of drug-likeness (QED) is 0.321. The molecule has 0 unspecified atom stereocenters. The van der Waals surface area contributed by atoms with Crippen molar-refractivity contribution in [1.29, 1.82) is 0 Å². The van der Waals surface area contributed by atoms with Crippen molar-refractivity contribution in [3.8, 4) is 11.5 Å². The standard InChI is InChI=1S/C29H33ClN4O5S2/c1-4-38-22-17-21(18-23(19-22)39-5-2)28(35)32-29(40)31-26-8-6-7-25(30)27(26)33-13-15-34(16-14-33)41(36,37)24-11-9-20(3)10-12-24/h6-12,17-19H,4-5,13-16H2,1-3H3,(H2,31,32,35,40). The number of anilines is 2. The number of nitrogens with one attached hydrogen (secondary N) is 2. The van der Waals surface area contributed by atoms with Crippen LogP contribution in [-0.2, 0) is 10.0 Å². The van der Waals surface area contributed by atoms with Gasteiger partial charge in [0, 0.05) is 37.8 Å². The van der Waals surface area contributed by atoms with Crippen LogP contribution in [0.15, 0.2) is 65.6 Å². The number of carbonyl (C=O) groups excluding carboxylic acids is 1. The zero-order chi connectivity index (χ0) is 29.6. The third kappa shape index (κ3) is 7.48. The Morgan fingerprint density at radius 3 is 2.15 bits per heavy atom. The molecule has 0 radical (unpaired) electrons. The van der Waals surface area contributed by atoms with Gasteiger partial charge in [0.15, 0.2) is 5.11 Å². The van der Waals surface area contributed by atoms with Crippen molar-refractivity contribution in [2.75, 3.05) is 49.6 Å². The van der Waals surface area contributed by atoms with E-state index in [0.29, 0.717) is 72.9 Å². The molecule has 3 aromatic carbocycles. The third-order valence-electron chi connectivity index (χ3n) is 6.44. The molecule has 3 aromatic rings. The van der Waals surface area contributed by atoms with Crippen LogP contribution in [0.5, 0.6) is 11.5 Å². The van der Waals surface area contributed by atoms with Gasteiger partial charge in [0.2, 0.25) is 10.0 Å². The van der Waals surface area contributed by atoms with Gasteiger partial charge in [-0.2, -0.15) is 4.31 Å². The molecule has 218 valence electrons. The molecule has 1 fully saturated rings. The van der Waals surface area contributed by atoms with E-state index in [1.807, 2.05) is 25.7 Å². The summed E-state index contributed by atoms with van der Waals surface area (Å²) >= 11 is 12.1. The summed E-state index contributed by atoms with van der Waals surface area (Å²) < 4.78 is 38.9. The topological polar surface area (TPSA) is 100 Å². The Labute approximate surface area is 251 Å². The molecule has 4 rings (SSSR count). The largest absolute Gasteiger partial charge is 0.494 e. The fourth-order valence-corrected chi connectivity index (χ4v) is 6.40. The summed E-state index contributed by atoms with van der Waals surface area (Å²) in [6.45, 7) is 7.95. The van der Waals surface area contributed by atoms with Crippen LogP contribution in [0.2, 0.25) is 5.02 Å². The highest BCUT2D eigenvalue weighted by Gasteiger charge is 2.30. The number of halogens is 1. The van der Waals surface area contributed by atoms with E-state index in [1.54, 1.807) is 60.7 Å². The Morgan fingerprint density at radius 1 is 0.951 bits per heavy atom. The summed E-state index contributed by atoms with van der Waals surface area (Å²) in [6, 6.07) is 17.2. The van der Waals surface area contributed by atoms with E-state index in [0.717, 1.165) is 5.56 Å². The lowest BCUT2D eigenvalue weighted by molar-refractivity contribution is 0.0976. The second-order valence-electron chi connectivity index (χ2n) is 9.31. The molecule has 1 aliphatic heterocycles. The van der Waals surface area contributed by atoms with Crippen LogP contribution in [0, 0.1) is 6.92 Å². The predicted molar refractivity (Wildman–Crippen MR) is 166 cm³/mol. The molecule has 1 saturated heterocycles. The lowest BCUT2D eigenvalue weighted by Crippen LogP contribution is -2.49. The van der Waals surface area contributed by atoms with Crippen LogP contribution >= 0.6 is 23.8 Å². The first-order valence-corrected chi connectivity index (χ1v) is 15.5. The Kier molecular flexibility index (Phi) is 10.1. The molecule has 1 heterocycles. The fourth-order valence-electron chi connectivity index (χ4n) is 4.48. The number of rotatable bonds is 9. The maximum absolute atomic E-state index is 13.2. The van der Waals surface area contributed by atoms with Gasteiger partial charge in [-0.1, -0.05) is 35.4 Å². The summed E-state index contributed by atoms with van der Waals surface area (Å²) in [5.74, 6) is 0.606. The summed E-state index contributed by atoms with van der Waals surface area (Å²) in [6.07, 6.45) is 0. The smallest absolute Gasteiger partial charge is 0.257 e. The van der Waals surface area contributed by atoms with Crippen LogP contribution in [0.1, 0.15) is 29.8 Å². The zero-order valence-electron chi connectivity index (χ0n) is 23.1. The molecule has 2 N–H and O–H groups in total. The van der Waals surface area contributed by atoms with Gasteiger partial charge in [-0.3, -0.25) is 10.1 Å². The van der Waals surface area contributed by atoms with Crippen molar-refractivity contribution in [2.45, 2.75) is 25.7 Å². The average Bonchev–Trinajstić information content (AvgIpc) is 2.94. The number of amides is 1. The molecule has 1 amide bonds. The molecule has 0 aromatic heterocycles. The SMILES string of the molecule is CCOc1cc(OCC)cc(C(=O)NC(=S)Nc2cccc(Cl)c2N2CCN(S(=O)(=O)c3ccc(C)cc3)CC2)c1. The highest BCUT2D eigenvalue weighted by molar-refractivity contribution is 7.89. The van der Waals surface area contributed by atoms with Gasteiger partial charge in [-0.15, -0.1) is 0 Å². The van der Waals surface area contributed by atoms with Crippen molar-refractivity contribution >= 4 is 56.2 Å². The van der Waals surface area contributed by atoms with Gasteiger partial charge in [0.1, 0.15) is 11.5 Å². The summed E-state index contributed by atoms with van der Waals surface area (Å²) in [7, 11) is -3.61. The number of carbonyl (C=O) groups is 1. The van der Waals surface area contributed by atoms with Gasteiger partial charge in [0.25, 0.3) is 5.91 Å². The molecule has 0 atom stereocenters. The molecule has 9 nitrogen and oxygen atoms in total. The van der Waals surface area contributed by atoms with E-state index in [-0.39, 0.29) is 10.0 Å². The van der Waals surface area contributed by atoms with Crippen molar-refractivity contribution in [3.05, 3.63) is 76.8 Å². The first-order valence-electron chi connectivity index (χ1n) is 13.3. The minimum atomic E-state index is -3.61. The second kappa shape index (κ2) is 13.5. The van der Waals surface area contributed by atoms with E-state index in [2.05, 4.69) is 10.6 Å². The Hall–Kier alpha value is -3.38. The lowest BCUT2D eigenvalue weighted by atomic mass is 10.2. The van der Waals surface area contributed by atoms with Crippen LogP contribution in [0.4, 0.5) is 11.4 Å². The van der Waals surface area contributed by atoms with Crippen molar-refractivity contribution < 1.29 is 22.7 Å². The normalized spacial score (nSPS) is 13.9. The van der Waals surface area contributed by atoms with Crippen LogP contribution in [0.25, 0.3) is 0 Å². The van der Waals surface area contributed by atoms with Gasteiger partial charge in [-0.05, 0) is 69.4 Å². The lowest BCUT2D eigenvalue weighted by Gasteiger charge is -2.36. The average molecular weight is 617 g/mol. The molecule has 41 heavy (non-hydrogen) atoms. The minimum Gasteiger partial charge on any atom is -0.494 e. The highest BCUT2D eigenvalue weighted by Crippen LogP contribution is 2.35. The molecule has 0 aliphatic carbocycles. The monoisotopic (exact) mass is 616 g/mol. The number of benzene rings is 3. The number of hydrogen-bond acceptors (Lipinski definition) is 7. The zero-order valence-corrected chi connectivity index (χ0v) is 25.5. The second-order valence-corrected chi connectivity index (χ2v) is 12.1. The minimum absolute atomic E-state index is 0.0823. The van der Waals surface area contributed by atoms with E-state index < -0.39 is 15.9 Å². The number of hydrogen-bond donors (Lipinski definition) is 2. The van der Waals surface area contributed by atoms with Crippen molar-refractivity contribution in [1.82, 2.24) is 9.62 Å². The van der Waals surface area contributed by atoms with Crippen LogP contribution in [-0.4, -0.2) is 63.1 Å². The number of nitrogens with zero attached hydrogens (tertiary/aromatic N) is 2. The maximum Gasteiger partial charge on any atom is 0.257 e. The Bertz CT molecular complexity index is 1480. The Balaban J connectivity index is 1.45. The molecule has 0 bridgehead atoms. The number of ether oxygens (including phenoxy) is 2. The molecular formula is C29H33ClN4O5S2. The van der Waals surface area contributed by atoms with Crippen LogP contribution in [0.3, 0.4) is 0 Å². The van der Waals surface area contributed by atoms with Gasteiger partial charge >= 0.3 is 0 Å². The molecule has 1 aliphatic rings. The first kappa shape index (κ1) is 30.6. The molecule has 0 saturated carbocycles. The van der Waals surface area contributed by atoms with Crippen LogP contribution < -0.4 is 25.0 Å². The fraction of sp³-hybridized carbons (Fsp3) is 0.310. The summed E-state index contributed by atoms with van der Waals surface area (Å²) in [5.41, 5.74) is 2.60. The van der Waals surface area contributed by atoms with E-state index >= 15 is 0 Å². The van der Waals surface area contributed by atoms with E-state index in [1.165, 1.54) is 4.31 Å². The number of aryl methyl sites for hydroxylation is 1. The molecule has 0 spiro atoms. The van der Waals surface area contributed by atoms with Gasteiger partial charge in [0.05, 0.1) is 34.5 Å². The number of sulfonamides is 1. The summed E-state index contributed by atoms with van der Waals surface area (Å²) in [4.78, 5) is 15.3. The van der Waals surface area contributed by atoms with Crippen molar-refractivity contribution in [2.24, 2.45) is 0 Å². The number of para-hydroxylation sites is 1.